The van der Waals surface area contributed by atoms with E-state index in [1.165, 1.54) is 0 Å². The molecule has 7 heteroatoms. The molecule has 2 heterocycles. The van der Waals surface area contributed by atoms with Crippen molar-refractivity contribution in [2.45, 2.75) is 19.3 Å². The lowest BCUT2D eigenvalue weighted by molar-refractivity contribution is -0.121. The van der Waals surface area contributed by atoms with Gasteiger partial charge in [-0.3, -0.25) is 4.79 Å². The Bertz CT molecular complexity index is 1100. The highest BCUT2D eigenvalue weighted by Crippen LogP contribution is 2.28. The van der Waals surface area contributed by atoms with Crippen molar-refractivity contribution >= 4 is 22.8 Å². The third-order valence-electron chi connectivity index (χ3n) is 5.92. The fourth-order valence-electron chi connectivity index (χ4n) is 4.03. The molecule has 1 aliphatic heterocycles. The zero-order valence-corrected chi connectivity index (χ0v) is 18.4. The number of carbonyl (C=O) groups is 1. The van der Waals surface area contributed by atoms with Gasteiger partial charge in [-0.05, 0) is 30.7 Å². The predicted molar refractivity (Wildman–Crippen MR) is 125 cm³/mol. The summed E-state index contributed by atoms with van der Waals surface area (Å²) in [4.78, 5) is 27.1. The first-order chi connectivity index (χ1) is 15.7. The minimum absolute atomic E-state index is 0.332. The lowest BCUT2D eigenvalue weighted by Gasteiger charge is -2.35. The van der Waals surface area contributed by atoms with E-state index in [1.54, 1.807) is 0 Å². The number of likely N-dealkylation sites (N-methyl/N-ethyl adjacent to an activating group) is 1. The van der Waals surface area contributed by atoms with Crippen molar-refractivity contribution in [3.05, 3.63) is 65.9 Å². The summed E-state index contributed by atoms with van der Waals surface area (Å²) in [6, 6.07) is 19.7. The van der Waals surface area contributed by atoms with E-state index in [1.807, 2.05) is 54.6 Å². The van der Waals surface area contributed by atoms with Crippen LogP contribution in [0.3, 0.4) is 0 Å². The molecular weight excluding hydrogens is 400 g/mol. The molecule has 1 aromatic heterocycles. The maximum Gasteiger partial charge on any atom is 0.243 e. The molecule has 1 amide bonds. The fraction of sp³-hybridized carbons (Fsp3) is 0.360. The van der Waals surface area contributed by atoms with Crippen molar-refractivity contribution in [3.8, 4) is 6.07 Å². The van der Waals surface area contributed by atoms with Crippen LogP contribution < -0.4 is 10.2 Å². The number of benzene rings is 2. The van der Waals surface area contributed by atoms with Crippen LogP contribution in [-0.2, 0) is 11.2 Å². The van der Waals surface area contributed by atoms with Crippen LogP contribution in [0.5, 0.6) is 0 Å². The van der Waals surface area contributed by atoms with Crippen molar-refractivity contribution in [2.24, 2.45) is 0 Å². The lowest BCUT2D eigenvalue weighted by atomic mass is 10.0. The van der Waals surface area contributed by atoms with E-state index in [4.69, 9.17) is 9.97 Å². The summed E-state index contributed by atoms with van der Waals surface area (Å²) in [5.41, 5.74) is 3.04. The van der Waals surface area contributed by atoms with Crippen LogP contribution in [0.25, 0.3) is 11.0 Å². The van der Waals surface area contributed by atoms with Crippen LogP contribution in [0.2, 0.25) is 0 Å². The van der Waals surface area contributed by atoms with E-state index < -0.39 is 5.92 Å². The number of nitrogens with one attached hydrogen (secondary N) is 1. The molecule has 3 aromatic rings. The number of aromatic nitrogens is 2. The summed E-state index contributed by atoms with van der Waals surface area (Å²) in [7, 11) is 0. The number of hydrogen-bond donors (Lipinski definition) is 1. The first-order valence-electron chi connectivity index (χ1n) is 11.1. The van der Waals surface area contributed by atoms with Gasteiger partial charge < -0.3 is 15.1 Å². The molecule has 1 saturated heterocycles. The third kappa shape index (κ3) is 4.87. The number of anilines is 1. The molecule has 0 bridgehead atoms. The van der Waals surface area contributed by atoms with Crippen molar-refractivity contribution < 1.29 is 4.79 Å². The van der Waals surface area contributed by atoms with Crippen molar-refractivity contribution in [2.75, 3.05) is 44.2 Å². The Morgan fingerprint density at radius 3 is 2.34 bits per heavy atom. The average molecular weight is 429 g/mol. The molecule has 2 aromatic carbocycles. The van der Waals surface area contributed by atoms with Gasteiger partial charge in [0, 0.05) is 32.7 Å². The molecule has 7 nitrogen and oxygen atoms in total. The molecule has 4 rings (SSSR count). The zero-order valence-electron chi connectivity index (χ0n) is 18.4. The van der Waals surface area contributed by atoms with Crippen LogP contribution >= 0.6 is 0 Å². The van der Waals surface area contributed by atoms with Crippen LogP contribution in [0.1, 0.15) is 24.1 Å². The molecule has 1 aliphatic rings. The van der Waals surface area contributed by atoms with Crippen LogP contribution in [0.4, 0.5) is 5.82 Å². The van der Waals surface area contributed by atoms with E-state index in [9.17, 15) is 10.1 Å². The Kier molecular flexibility index (Phi) is 6.93. The number of para-hydroxylation sites is 2. The molecule has 0 aliphatic carbocycles. The summed E-state index contributed by atoms with van der Waals surface area (Å²) >= 11 is 0. The highest BCUT2D eigenvalue weighted by atomic mass is 16.1. The first-order valence-corrected chi connectivity index (χ1v) is 11.1. The Morgan fingerprint density at radius 2 is 1.69 bits per heavy atom. The highest BCUT2D eigenvalue weighted by Gasteiger charge is 2.29. The summed E-state index contributed by atoms with van der Waals surface area (Å²) in [6.07, 6.45) is 0.708. The van der Waals surface area contributed by atoms with Crippen molar-refractivity contribution in [3.63, 3.8) is 0 Å². The van der Waals surface area contributed by atoms with E-state index >= 15 is 0 Å². The van der Waals surface area contributed by atoms with Gasteiger partial charge >= 0.3 is 0 Å². The summed E-state index contributed by atoms with van der Waals surface area (Å²) in [6.45, 7) is 7.06. The number of fused-ring (bicyclic) bond motifs is 1. The van der Waals surface area contributed by atoms with Crippen LogP contribution in [0, 0.1) is 11.3 Å². The second-order valence-electron chi connectivity index (χ2n) is 7.93. The number of nitrogens with zero attached hydrogens (tertiary/aromatic N) is 5. The Balaban J connectivity index is 1.58. The molecule has 0 unspecified atom stereocenters. The monoisotopic (exact) mass is 428 g/mol. The quantitative estimate of drug-likeness (QED) is 0.623. The first kappa shape index (κ1) is 21.7. The minimum Gasteiger partial charge on any atom is -0.354 e. The van der Waals surface area contributed by atoms with Crippen LogP contribution in [0.15, 0.2) is 54.6 Å². The maximum absolute atomic E-state index is 13.0. The number of nitriles is 1. The number of piperazine rings is 1. The van der Waals surface area contributed by atoms with Crippen LogP contribution in [-0.4, -0.2) is 60.0 Å². The van der Waals surface area contributed by atoms with Gasteiger partial charge in [0.05, 0.1) is 17.1 Å². The summed E-state index contributed by atoms with van der Waals surface area (Å²) in [5, 5.41) is 12.9. The Labute approximate surface area is 188 Å². The second kappa shape index (κ2) is 10.2. The molecular formula is C25H28N6O. The van der Waals surface area contributed by atoms with E-state index in [0.717, 1.165) is 43.8 Å². The van der Waals surface area contributed by atoms with Gasteiger partial charge in [-0.15, -0.1) is 0 Å². The standard InChI is InChI=1S/C25H28N6O/c1-2-30-14-16-31(17-15-30)24-23(28-21-10-6-7-11-22(21)29-24)20(18-26)25(32)27-13-12-19-8-4-3-5-9-19/h3-11,20H,2,12-17H2,1H3,(H,27,32)/t20-/m0/s1. The molecule has 1 atom stereocenters. The molecule has 1 N–H and O–H groups in total. The van der Waals surface area contributed by atoms with Gasteiger partial charge in [-0.25, -0.2) is 9.97 Å². The van der Waals surface area contributed by atoms with Crippen molar-refractivity contribution in [1.29, 1.82) is 5.26 Å². The number of amides is 1. The summed E-state index contributed by atoms with van der Waals surface area (Å²) < 4.78 is 0. The molecule has 0 spiro atoms. The molecule has 1 fully saturated rings. The smallest absolute Gasteiger partial charge is 0.243 e. The second-order valence-corrected chi connectivity index (χ2v) is 7.93. The SMILES string of the molecule is CCN1CCN(c2nc3ccccc3nc2[C@H](C#N)C(=O)NCCc2ccccc2)CC1. The molecule has 32 heavy (non-hydrogen) atoms. The van der Waals surface area contributed by atoms with Gasteiger partial charge in [-0.2, -0.15) is 5.26 Å². The number of carbonyl (C=O) groups excluding carboxylic acids is 1. The number of rotatable bonds is 7. The maximum atomic E-state index is 13.0. The van der Waals surface area contributed by atoms with Gasteiger partial charge in [0.25, 0.3) is 0 Å². The molecule has 164 valence electrons. The summed E-state index contributed by atoms with van der Waals surface area (Å²) in [5.74, 6) is -0.701. The Morgan fingerprint density at radius 1 is 1.03 bits per heavy atom. The zero-order chi connectivity index (χ0) is 22.3. The number of hydrogen-bond acceptors (Lipinski definition) is 6. The van der Waals surface area contributed by atoms with Crippen molar-refractivity contribution in [1.82, 2.24) is 20.2 Å². The fourth-order valence-corrected chi connectivity index (χ4v) is 4.03. The largest absolute Gasteiger partial charge is 0.354 e. The molecule has 0 saturated carbocycles. The average Bonchev–Trinajstić information content (AvgIpc) is 2.85. The van der Waals surface area contributed by atoms with E-state index in [2.05, 4.69) is 28.1 Å². The third-order valence-corrected chi connectivity index (χ3v) is 5.92. The highest BCUT2D eigenvalue weighted by molar-refractivity contribution is 5.88. The van der Waals surface area contributed by atoms with Gasteiger partial charge in [0.2, 0.25) is 5.91 Å². The minimum atomic E-state index is -1.01. The van der Waals surface area contributed by atoms with Gasteiger partial charge in [0.1, 0.15) is 5.69 Å². The van der Waals surface area contributed by atoms with E-state index in [-0.39, 0.29) is 5.91 Å². The lowest BCUT2D eigenvalue weighted by Crippen LogP contribution is -2.47. The predicted octanol–water partition coefficient (Wildman–Crippen LogP) is 2.74. The Hall–Kier alpha value is -3.50. The topological polar surface area (TPSA) is 85.2 Å². The van der Waals surface area contributed by atoms with E-state index in [0.29, 0.717) is 30.0 Å². The van der Waals surface area contributed by atoms with Gasteiger partial charge in [-0.1, -0.05) is 49.4 Å². The van der Waals surface area contributed by atoms with Gasteiger partial charge in [0.15, 0.2) is 11.7 Å². The normalized spacial score (nSPS) is 15.3. The molecule has 0 radical (unpaired) electrons.